The van der Waals surface area contributed by atoms with E-state index in [-0.39, 0.29) is 12.1 Å². The molecule has 1 aromatic heterocycles. The van der Waals surface area contributed by atoms with Crippen LogP contribution in [0.2, 0.25) is 0 Å². The Labute approximate surface area is 138 Å². The van der Waals surface area contributed by atoms with Crippen LogP contribution in [0.3, 0.4) is 0 Å². The molecule has 1 aliphatic rings. The second-order valence-electron chi connectivity index (χ2n) is 5.73. The molecule has 0 saturated heterocycles. The van der Waals surface area contributed by atoms with Crippen LogP contribution in [-0.2, 0) is 29.9 Å². The van der Waals surface area contributed by atoms with E-state index in [2.05, 4.69) is 4.98 Å². The molecule has 1 N–H and O–H groups in total. The highest BCUT2D eigenvalue weighted by Crippen LogP contribution is 2.26. The van der Waals surface area contributed by atoms with Crippen LogP contribution in [0, 0.1) is 6.92 Å². The molecule has 1 heterocycles. The Kier molecular flexibility index (Phi) is 4.52. The molecule has 0 spiro atoms. The van der Waals surface area contributed by atoms with Crippen LogP contribution in [-0.4, -0.2) is 20.6 Å². The summed E-state index contributed by atoms with van der Waals surface area (Å²) in [6.07, 6.45) is 2.33. The topological polar surface area (TPSA) is 72.2 Å². The number of thioether (sulfide) groups is 1. The van der Waals surface area contributed by atoms with E-state index >= 15 is 0 Å². The molecule has 0 fully saturated rings. The third-order valence-corrected chi connectivity index (χ3v) is 5.03. The summed E-state index contributed by atoms with van der Waals surface area (Å²) in [7, 11) is 0. The van der Waals surface area contributed by atoms with Gasteiger partial charge in [0, 0.05) is 17.0 Å². The number of nitrogens with zero attached hydrogens (tertiary/aromatic N) is 2. The molecule has 0 aliphatic heterocycles. The summed E-state index contributed by atoms with van der Waals surface area (Å²) in [5, 5.41) is 9.67. The molecule has 0 unspecified atom stereocenters. The smallest absolute Gasteiger partial charge is 0.323 e. The molecule has 23 heavy (non-hydrogen) atoms. The van der Waals surface area contributed by atoms with E-state index in [1.807, 2.05) is 31.2 Å². The van der Waals surface area contributed by atoms with Gasteiger partial charge >= 0.3 is 5.97 Å². The van der Waals surface area contributed by atoms with Crippen molar-refractivity contribution in [3.8, 4) is 0 Å². The van der Waals surface area contributed by atoms with E-state index in [1.54, 1.807) is 4.57 Å². The number of carboxylic acid groups (broad SMARTS) is 1. The largest absolute Gasteiger partial charge is 0.480 e. The Morgan fingerprint density at radius 1 is 1.30 bits per heavy atom. The fraction of sp³-hybridized carbons (Fsp3) is 0.353. The van der Waals surface area contributed by atoms with Gasteiger partial charge in [0.2, 0.25) is 0 Å². The summed E-state index contributed by atoms with van der Waals surface area (Å²) in [6, 6.07) is 8.15. The first-order valence-electron chi connectivity index (χ1n) is 7.57. The number of aromatic nitrogens is 2. The van der Waals surface area contributed by atoms with Crippen LogP contribution >= 0.6 is 11.8 Å². The minimum Gasteiger partial charge on any atom is -0.480 e. The highest BCUT2D eigenvalue weighted by atomic mass is 32.2. The van der Waals surface area contributed by atoms with Crippen molar-refractivity contribution in [2.75, 3.05) is 0 Å². The zero-order valence-corrected chi connectivity index (χ0v) is 13.7. The second kappa shape index (κ2) is 6.58. The van der Waals surface area contributed by atoms with Crippen LogP contribution in [0.1, 0.15) is 28.8 Å². The Morgan fingerprint density at radius 2 is 2.04 bits per heavy atom. The molecule has 1 aromatic carbocycles. The summed E-state index contributed by atoms with van der Waals surface area (Å²) in [6.45, 7) is 1.88. The Bertz CT molecular complexity index is 797. The number of hydrogen-bond acceptors (Lipinski definition) is 4. The van der Waals surface area contributed by atoms with Gasteiger partial charge in [-0.15, -0.1) is 0 Å². The van der Waals surface area contributed by atoms with Crippen molar-refractivity contribution in [1.29, 1.82) is 0 Å². The molecule has 3 rings (SSSR count). The predicted molar refractivity (Wildman–Crippen MR) is 88.9 cm³/mol. The fourth-order valence-electron chi connectivity index (χ4n) is 2.83. The van der Waals surface area contributed by atoms with E-state index < -0.39 is 5.97 Å². The van der Waals surface area contributed by atoms with Crippen molar-refractivity contribution in [3.05, 3.63) is 57.0 Å². The molecular weight excluding hydrogens is 312 g/mol. The van der Waals surface area contributed by atoms with Gasteiger partial charge < -0.3 is 9.67 Å². The number of carbonyl (C=O) groups is 1. The fourth-order valence-corrected chi connectivity index (χ4v) is 3.79. The van der Waals surface area contributed by atoms with E-state index in [1.165, 1.54) is 17.3 Å². The first-order valence-corrected chi connectivity index (χ1v) is 8.56. The van der Waals surface area contributed by atoms with Gasteiger partial charge in [0.25, 0.3) is 5.56 Å². The molecular formula is C17H18N2O3S. The summed E-state index contributed by atoms with van der Waals surface area (Å²) in [4.78, 5) is 27.5. The highest BCUT2D eigenvalue weighted by molar-refractivity contribution is 7.98. The third kappa shape index (κ3) is 3.47. The van der Waals surface area contributed by atoms with Gasteiger partial charge in [0.15, 0.2) is 5.16 Å². The molecule has 5 nitrogen and oxygen atoms in total. The average molecular weight is 330 g/mol. The second-order valence-corrected chi connectivity index (χ2v) is 6.67. The summed E-state index contributed by atoms with van der Waals surface area (Å²) >= 11 is 1.42. The predicted octanol–water partition coefficient (Wildman–Crippen LogP) is 2.42. The number of aryl methyl sites for hydroxylation is 1. The van der Waals surface area contributed by atoms with Crippen LogP contribution in [0.25, 0.3) is 0 Å². The van der Waals surface area contributed by atoms with Gasteiger partial charge in [-0.05, 0) is 31.7 Å². The normalized spacial score (nSPS) is 13.1. The molecule has 1 aliphatic carbocycles. The first-order chi connectivity index (χ1) is 11.0. The van der Waals surface area contributed by atoms with Crippen molar-refractivity contribution in [2.45, 2.75) is 43.6 Å². The number of rotatable bonds is 5. The number of benzene rings is 1. The zero-order chi connectivity index (χ0) is 16.4. The summed E-state index contributed by atoms with van der Waals surface area (Å²) in [5.74, 6) is -0.257. The lowest BCUT2D eigenvalue weighted by Crippen LogP contribution is -2.24. The van der Waals surface area contributed by atoms with Crippen LogP contribution in [0.4, 0.5) is 0 Å². The quantitative estimate of drug-likeness (QED) is 0.673. The molecule has 0 amide bonds. The number of aliphatic carboxylic acids is 1. The monoisotopic (exact) mass is 330 g/mol. The lowest BCUT2D eigenvalue weighted by Gasteiger charge is -2.15. The maximum atomic E-state index is 12.1. The zero-order valence-electron chi connectivity index (χ0n) is 12.9. The van der Waals surface area contributed by atoms with Crippen molar-refractivity contribution in [2.24, 2.45) is 0 Å². The highest BCUT2D eigenvalue weighted by Gasteiger charge is 2.22. The SMILES string of the molecule is Cc1ccc(CSc2nc(=O)c3c(n2CC(=O)O)CCC3)cc1. The first kappa shape index (κ1) is 15.8. The lowest BCUT2D eigenvalue weighted by molar-refractivity contribution is -0.137. The average Bonchev–Trinajstić information content (AvgIpc) is 3.00. The van der Waals surface area contributed by atoms with Gasteiger partial charge in [-0.25, -0.2) is 0 Å². The molecule has 0 radical (unpaired) electrons. The van der Waals surface area contributed by atoms with Crippen molar-refractivity contribution >= 4 is 17.7 Å². The van der Waals surface area contributed by atoms with E-state index in [0.717, 1.165) is 24.1 Å². The number of fused-ring (bicyclic) bond motifs is 1. The molecule has 0 atom stereocenters. The number of carboxylic acids is 1. The minimum atomic E-state index is -0.915. The van der Waals surface area contributed by atoms with Gasteiger partial charge in [0.05, 0.1) is 0 Å². The van der Waals surface area contributed by atoms with Gasteiger partial charge in [-0.1, -0.05) is 41.6 Å². The minimum absolute atomic E-state index is 0.147. The Balaban J connectivity index is 1.91. The maximum Gasteiger partial charge on any atom is 0.323 e. The summed E-state index contributed by atoms with van der Waals surface area (Å²) < 4.78 is 1.70. The lowest BCUT2D eigenvalue weighted by atomic mass is 10.2. The molecule has 2 aromatic rings. The van der Waals surface area contributed by atoms with E-state index in [0.29, 0.717) is 22.9 Å². The van der Waals surface area contributed by atoms with Crippen molar-refractivity contribution in [3.63, 3.8) is 0 Å². The number of hydrogen-bond donors (Lipinski definition) is 1. The standard InChI is InChI=1S/C17H18N2O3S/c1-11-5-7-12(8-6-11)10-23-17-18-16(22)13-3-2-4-14(13)19(17)9-15(20)21/h5-8H,2-4,9-10H2,1H3,(H,20,21). The third-order valence-electron chi connectivity index (χ3n) is 3.98. The molecule has 120 valence electrons. The summed E-state index contributed by atoms with van der Waals surface area (Å²) in [5.41, 5.74) is 3.64. The Hall–Kier alpha value is -2.08. The molecule has 0 bridgehead atoms. The van der Waals surface area contributed by atoms with Crippen molar-refractivity contribution in [1.82, 2.24) is 9.55 Å². The van der Waals surface area contributed by atoms with Gasteiger partial charge in [-0.2, -0.15) is 4.98 Å². The van der Waals surface area contributed by atoms with E-state index in [9.17, 15) is 14.7 Å². The maximum absolute atomic E-state index is 12.1. The van der Waals surface area contributed by atoms with E-state index in [4.69, 9.17) is 0 Å². The molecule has 6 heteroatoms. The van der Waals surface area contributed by atoms with Crippen LogP contribution in [0.5, 0.6) is 0 Å². The van der Waals surface area contributed by atoms with Crippen LogP contribution in [0.15, 0.2) is 34.2 Å². The molecule has 0 saturated carbocycles. The van der Waals surface area contributed by atoms with Crippen LogP contribution < -0.4 is 5.56 Å². The van der Waals surface area contributed by atoms with Crippen molar-refractivity contribution < 1.29 is 9.90 Å². The van der Waals surface area contributed by atoms with Gasteiger partial charge in [0.1, 0.15) is 6.54 Å². The van der Waals surface area contributed by atoms with Gasteiger partial charge in [-0.3, -0.25) is 9.59 Å². The Morgan fingerprint density at radius 3 is 2.74 bits per heavy atom.